The number of aryl methyl sites for hydroxylation is 1. The summed E-state index contributed by atoms with van der Waals surface area (Å²) in [7, 11) is -3.37. The Kier molecular flexibility index (Phi) is 5.80. The number of carbonyl (C=O) groups excluding carboxylic acids is 1. The van der Waals surface area contributed by atoms with Crippen molar-refractivity contribution < 1.29 is 13.2 Å². The number of nitrogens with two attached hydrogens (primary N) is 1. The summed E-state index contributed by atoms with van der Waals surface area (Å²) in [5.41, 5.74) is 6.63. The molecule has 0 bridgehead atoms. The highest BCUT2D eigenvalue weighted by atomic mass is 32.2. The minimum Gasteiger partial charge on any atom is -0.364 e. The Morgan fingerprint density at radius 1 is 1.32 bits per heavy atom. The summed E-state index contributed by atoms with van der Waals surface area (Å²) in [6.07, 6.45) is 2.68. The number of amides is 1. The average Bonchev–Trinajstić information content (AvgIpc) is 3.14. The van der Waals surface area contributed by atoms with Gasteiger partial charge in [-0.3, -0.25) is 4.79 Å². The van der Waals surface area contributed by atoms with Crippen LogP contribution in [-0.2, 0) is 16.3 Å². The van der Waals surface area contributed by atoms with E-state index in [1.54, 1.807) is 12.1 Å². The molecular weight excluding hydrogens is 380 g/mol. The Hall–Kier alpha value is -2.72. The molecule has 0 saturated carbocycles. The number of sulfone groups is 1. The molecule has 9 nitrogen and oxygen atoms in total. The number of hydrogen-bond acceptors (Lipinski definition) is 8. The summed E-state index contributed by atoms with van der Waals surface area (Å²) in [4.78, 5) is 21.0. The number of anilines is 3. The molecule has 2 heterocycles. The Labute approximate surface area is 164 Å². The molecule has 3 rings (SSSR count). The maximum atomic E-state index is 11.9. The molecule has 10 heteroatoms. The van der Waals surface area contributed by atoms with Gasteiger partial charge in [0.1, 0.15) is 0 Å². The first-order valence-electron chi connectivity index (χ1n) is 9.03. The van der Waals surface area contributed by atoms with Crippen molar-refractivity contribution in [2.75, 3.05) is 30.0 Å². The molecular formula is C18H24N6O3S. The molecule has 2 aromatic rings. The van der Waals surface area contributed by atoms with Gasteiger partial charge in [-0.15, -0.1) is 0 Å². The lowest BCUT2D eigenvalue weighted by molar-refractivity contribution is 0.0996. The van der Waals surface area contributed by atoms with Crippen molar-refractivity contribution in [2.24, 2.45) is 5.73 Å². The first-order valence-corrected chi connectivity index (χ1v) is 10.9. The van der Waals surface area contributed by atoms with Crippen molar-refractivity contribution in [3.05, 3.63) is 35.7 Å². The average molecular weight is 404 g/mol. The van der Waals surface area contributed by atoms with Gasteiger partial charge in [0.2, 0.25) is 0 Å². The Morgan fingerprint density at radius 2 is 2.11 bits per heavy atom. The van der Waals surface area contributed by atoms with E-state index >= 15 is 0 Å². The topological polar surface area (TPSA) is 139 Å². The molecule has 0 unspecified atom stereocenters. The van der Waals surface area contributed by atoms with Gasteiger partial charge in [-0.05, 0) is 37.6 Å². The van der Waals surface area contributed by atoms with E-state index < -0.39 is 15.7 Å². The van der Waals surface area contributed by atoms with Crippen LogP contribution in [0.4, 0.5) is 17.3 Å². The summed E-state index contributed by atoms with van der Waals surface area (Å²) in [6, 6.07) is 6.49. The maximum Gasteiger partial charge on any atom is 0.271 e. The van der Waals surface area contributed by atoms with E-state index in [2.05, 4.69) is 25.9 Å². The summed E-state index contributed by atoms with van der Waals surface area (Å²) < 4.78 is 23.6. The summed E-state index contributed by atoms with van der Waals surface area (Å²) in [6.45, 7) is 3.67. The van der Waals surface area contributed by atoms with Crippen LogP contribution in [0.3, 0.4) is 0 Å². The smallest absolute Gasteiger partial charge is 0.271 e. The third-order valence-corrected chi connectivity index (χ3v) is 5.57. The third kappa shape index (κ3) is 4.57. The molecule has 0 spiro atoms. The molecule has 150 valence electrons. The van der Waals surface area contributed by atoms with Gasteiger partial charge >= 0.3 is 0 Å². The van der Waals surface area contributed by atoms with E-state index in [0.717, 1.165) is 25.8 Å². The van der Waals surface area contributed by atoms with Crippen LogP contribution in [0.15, 0.2) is 29.2 Å². The fourth-order valence-corrected chi connectivity index (χ4v) is 3.67. The van der Waals surface area contributed by atoms with E-state index in [1.165, 1.54) is 12.1 Å². The van der Waals surface area contributed by atoms with Crippen molar-refractivity contribution in [1.29, 1.82) is 0 Å². The Morgan fingerprint density at radius 3 is 2.71 bits per heavy atom. The van der Waals surface area contributed by atoms with Gasteiger partial charge in [-0.1, -0.05) is 13.0 Å². The highest BCUT2D eigenvalue weighted by Gasteiger charge is 2.21. The van der Waals surface area contributed by atoms with Gasteiger partial charge in [0.25, 0.3) is 5.91 Å². The molecule has 1 aliphatic heterocycles. The van der Waals surface area contributed by atoms with E-state index in [4.69, 9.17) is 5.73 Å². The molecule has 0 radical (unpaired) electrons. The summed E-state index contributed by atoms with van der Waals surface area (Å²) in [5.74, 6) is 0.0600. The number of rotatable bonds is 7. The van der Waals surface area contributed by atoms with Crippen LogP contribution in [0.2, 0.25) is 0 Å². The van der Waals surface area contributed by atoms with Crippen LogP contribution in [0.1, 0.15) is 29.5 Å². The zero-order valence-electron chi connectivity index (χ0n) is 15.8. The number of benzene rings is 1. The SMILES string of the molecule is CCc1nc(C(N)=O)c(Nc2cccc(S(C)(=O)=O)c2)nc1N[C@@H]1CCNC1. The second kappa shape index (κ2) is 8.11. The predicted molar refractivity (Wildman–Crippen MR) is 108 cm³/mol. The largest absolute Gasteiger partial charge is 0.364 e. The highest BCUT2D eigenvalue weighted by molar-refractivity contribution is 7.90. The zero-order chi connectivity index (χ0) is 20.3. The number of hydrogen-bond donors (Lipinski definition) is 4. The fourth-order valence-electron chi connectivity index (χ4n) is 3.00. The van der Waals surface area contributed by atoms with Gasteiger partial charge < -0.3 is 21.7 Å². The highest BCUT2D eigenvalue weighted by Crippen LogP contribution is 2.25. The minimum absolute atomic E-state index is 0.0108. The quantitative estimate of drug-likeness (QED) is 0.537. The molecule has 1 fully saturated rings. The van der Waals surface area contributed by atoms with Gasteiger partial charge in [-0.25, -0.2) is 18.4 Å². The van der Waals surface area contributed by atoms with Gasteiger partial charge in [0.15, 0.2) is 27.2 Å². The Balaban J connectivity index is 1.99. The van der Waals surface area contributed by atoms with Crippen LogP contribution in [-0.4, -0.2) is 49.7 Å². The molecule has 28 heavy (non-hydrogen) atoms. The van der Waals surface area contributed by atoms with Crippen molar-refractivity contribution in [1.82, 2.24) is 15.3 Å². The van der Waals surface area contributed by atoms with Crippen LogP contribution in [0.25, 0.3) is 0 Å². The van der Waals surface area contributed by atoms with Crippen LogP contribution in [0.5, 0.6) is 0 Å². The van der Waals surface area contributed by atoms with Crippen molar-refractivity contribution in [2.45, 2.75) is 30.7 Å². The maximum absolute atomic E-state index is 11.9. The first-order chi connectivity index (χ1) is 13.3. The number of carbonyl (C=O) groups is 1. The molecule has 1 aromatic carbocycles. The molecule has 1 amide bonds. The van der Waals surface area contributed by atoms with Crippen molar-refractivity contribution in [3.8, 4) is 0 Å². The second-order valence-electron chi connectivity index (χ2n) is 6.69. The molecule has 0 aliphatic carbocycles. The Bertz CT molecular complexity index is 987. The van der Waals surface area contributed by atoms with Crippen LogP contribution in [0, 0.1) is 0 Å². The van der Waals surface area contributed by atoms with E-state index in [9.17, 15) is 13.2 Å². The predicted octanol–water partition coefficient (Wildman–Crippen LogP) is 1.06. The monoisotopic (exact) mass is 404 g/mol. The summed E-state index contributed by atoms with van der Waals surface area (Å²) in [5, 5.41) is 9.63. The van der Waals surface area contributed by atoms with Gasteiger partial charge in [0.05, 0.1) is 10.6 Å². The number of aromatic nitrogens is 2. The van der Waals surface area contributed by atoms with Gasteiger partial charge in [-0.2, -0.15) is 0 Å². The third-order valence-electron chi connectivity index (χ3n) is 4.46. The number of nitrogens with zero attached hydrogens (tertiary/aromatic N) is 2. The van der Waals surface area contributed by atoms with Crippen molar-refractivity contribution in [3.63, 3.8) is 0 Å². The van der Waals surface area contributed by atoms with Crippen LogP contribution < -0.4 is 21.7 Å². The molecule has 1 aromatic heterocycles. The molecule has 1 aliphatic rings. The normalized spacial score (nSPS) is 16.7. The fraction of sp³-hybridized carbons (Fsp3) is 0.389. The lowest BCUT2D eigenvalue weighted by atomic mass is 10.2. The van der Waals surface area contributed by atoms with Crippen LogP contribution >= 0.6 is 0 Å². The first kappa shape index (κ1) is 20.0. The van der Waals surface area contributed by atoms with E-state index in [1.807, 2.05) is 6.92 Å². The number of nitrogens with one attached hydrogen (secondary N) is 3. The molecule has 1 atom stereocenters. The molecule has 1 saturated heterocycles. The lowest BCUT2D eigenvalue weighted by Crippen LogP contribution is -2.25. The van der Waals surface area contributed by atoms with Crippen molar-refractivity contribution >= 4 is 33.1 Å². The van der Waals surface area contributed by atoms with Gasteiger partial charge in [0, 0.05) is 24.5 Å². The molecule has 5 N–H and O–H groups in total. The second-order valence-corrected chi connectivity index (χ2v) is 8.71. The van der Waals surface area contributed by atoms with E-state index in [-0.39, 0.29) is 22.4 Å². The van der Waals surface area contributed by atoms with E-state index in [0.29, 0.717) is 23.6 Å². The number of primary amides is 1. The standard InChI is InChI=1S/C18H24N6O3S/c1-3-14-17(22-12-7-8-20-10-12)24-18(15(23-14)16(19)25)21-11-5-4-6-13(9-11)28(2,26)27/h4-6,9,12,20H,3,7-8,10H2,1-2H3,(H2,19,25)(H2,21,22,24)/t12-/m1/s1. The minimum atomic E-state index is -3.37. The lowest BCUT2D eigenvalue weighted by Gasteiger charge is -2.18. The zero-order valence-corrected chi connectivity index (χ0v) is 16.6. The summed E-state index contributed by atoms with van der Waals surface area (Å²) >= 11 is 0.